The van der Waals surface area contributed by atoms with Crippen LogP contribution in [-0.4, -0.2) is 77.2 Å². The number of hydrogen-bond acceptors (Lipinski definition) is 7. The van der Waals surface area contributed by atoms with E-state index in [0.717, 1.165) is 35.3 Å². The van der Waals surface area contributed by atoms with Crippen LogP contribution in [0.5, 0.6) is 5.75 Å². The fourth-order valence-electron chi connectivity index (χ4n) is 4.26. The van der Waals surface area contributed by atoms with Gasteiger partial charge in [-0.1, -0.05) is 13.3 Å². The Kier molecular flexibility index (Phi) is 6.69. The maximum absolute atomic E-state index is 13.4. The van der Waals surface area contributed by atoms with E-state index >= 15 is 0 Å². The van der Waals surface area contributed by atoms with E-state index < -0.39 is 10.0 Å². The molecule has 4 rings (SSSR count). The highest BCUT2D eigenvalue weighted by Crippen LogP contribution is 2.33. The molecule has 1 fully saturated rings. The van der Waals surface area contributed by atoms with Crippen molar-refractivity contribution in [3.63, 3.8) is 0 Å². The maximum atomic E-state index is 13.4. The number of aromatic nitrogens is 4. The monoisotopic (exact) mass is 472 g/mol. The highest BCUT2D eigenvalue weighted by atomic mass is 32.2. The van der Waals surface area contributed by atoms with Gasteiger partial charge in [0.15, 0.2) is 5.82 Å². The van der Waals surface area contributed by atoms with Gasteiger partial charge in [0.05, 0.1) is 28.5 Å². The largest absolute Gasteiger partial charge is 0.493 e. The van der Waals surface area contributed by atoms with Gasteiger partial charge < -0.3 is 9.64 Å². The lowest BCUT2D eigenvalue weighted by Crippen LogP contribution is -2.47. The molecule has 2 aromatic heterocycles. The van der Waals surface area contributed by atoms with Gasteiger partial charge in [0, 0.05) is 33.2 Å². The predicted molar refractivity (Wildman–Crippen MR) is 128 cm³/mol. The van der Waals surface area contributed by atoms with Crippen molar-refractivity contribution in [2.75, 3.05) is 39.8 Å². The van der Waals surface area contributed by atoms with Gasteiger partial charge in [-0.15, -0.1) is 0 Å². The second-order valence-electron chi connectivity index (χ2n) is 8.45. The summed E-state index contributed by atoms with van der Waals surface area (Å²) < 4.78 is 36.0. The van der Waals surface area contributed by atoms with E-state index in [0.29, 0.717) is 49.9 Å². The molecule has 3 aromatic rings. The summed E-state index contributed by atoms with van der Waals surface area (Å²) in [7, 11) is 0.261. The molecule has 0 atom stereocenters. The number of sulfonamides is 1. The van der Waals surface area contributed by atoms with Crippen LogP contribution in [0.4, 0.5) is 0 Å². The smallest absolute Gasteiger partial charge is 0.243 e. The zero-order valence-corrected chi connectivity index (χ0v) is 20.8. The van der Waals surface area contributed by atoms with Crippen molar-refractivity contribution >= 4 is 21.1 Å². The first-order chi connectivity index (χ1) is 15.8. The van der Waals surface area contributed by atoms with Crippen LogP contribution in [0.25, 0.3) is 22.4 Å². The third-order valence-corrected chi connectivity index (χ3v) is 7.90. The molecule has 0 aliphatic carbocycles. The minimum atomic E-state index is -3.63. The lowest BCUT2D eigenvalue weighted by molar-refractivity contribution is 0.222. The summed E-state index contributed by atoms with van der Waals surface area (Å²) in [4.78, 5) is 11.9. The SMILES string of the molecule is CCCc1nn(C)c2c(C)nc(-c3cc(S(=O)(=O)N4CCN(C)CC4)ccc3OCC)nc12. The number of fused-ring (bicyclic) bond motifs is 1. The first-order valence-corrected chi connectivity index (χ1v) is 12.9. The molecule has 1 aliphatic rings. The second-order valence-corrected chi connectivity index (χ2v) is 10.4. The lowest BCUT2D eigenvalue weighted by Gasteiger charge is -2.31. The van der Waals surface area contributed by atoms with Crippen LogP contribution in [0, 0.1) is 6.92 Å². The molecule has 0 saturated carbocycles. The van der Waals surface area contributed by atoms with Crippen molar-refractivity contribution in [1.82, 2.24) is 29.0 Å². The topological polar surface area (TPSA) is 93.4 Å². The molecule has 1 saturated heterocycles. The highest BCUT2D eigenvalue weighted by molar-refractivity contribution is 7.89. The molecule has 1 aromatic carbocycles. The number of likely N-dealkylation sites (N-methyl/N-ethyl adjacent to an activating group) is 1. The number of ether oxygens (including phenoxy) is 1. The molecule has 0 bridgehead atoms. The van der Waals surface area contributed by atoms with Crippen LogP contribution >= 0.6 is 0 Å². The van der Waals surface area contributed by atoms with Gasteiger partial charge in [0.2, 0.25) is 10.0 Å². The number of benzene rings is 1. The number of aryl methyl sites for hydroxylation is 3. The highest BCUT2D eigenvalue weighted by Gasteiger charge is 2.29. The Labute approximate surface area is 195 Å². The van der Waals surface area contributed by atoms with E-state index in [1.165, 1.54) is 0 Å². The van der Waals surface area contributed by atoms with Crippen molar-refractivity contribution in [3.8, 4) is 17.1 Å². The van der Waals surface area contributed by atoms with Crippen LogP contribution in [0.15, 0.2) is 23.1 Å². The summed E-state index contributed by atoms with van der Waals surface area (Å²) in [5.41, 5.74) is 3.98. The fourth-order valence-corrected chi connectivity index (χ4v) is 5.71. The molecule has 0 amide bonds. The van der Waals surface area contributed by atoms with Gasteiger partial charge >= 0.3 is 0 Å². The Morgan fingerprint density at radius 2 is 1.79 bits per heavy atom. The molecule has 0 spiro atoms. The summed E-state index contributed by atoms with van der Waals surface area (Å²) in [6.07, 6.45) is 1.76. The molecule has 0 unspecified atom stereocenters. The minimum absolute atomic E-state index is 0.229. The summed E-state index contributed by atoms with van der Waals surface area (Å²) in [5.74, 6) is 1.01. The first kappa shape index (κ1) is 23.6. The van der Waals surface area contributed by atoms with Crippen molar-refractivity contribution < 1.29 is 13.2 Å². The molecule has 0 N–H and O–H groups in total. The first-order valence-electron chi connectivity index (χ1n) is 11.4. The van der Waals surface area contributed by atoms with Gasteiger partial charge in [-0.05, 0) is 45.5 Å². The van der Waals surface area contributed by atoms with Crippen LogP contribution in [0.3, 0.4) is 0 Å². The van der Waals surface area contributed by atoms with Crippen molar-refractivity contribution in [3.05, 3.63) is 29.6 Å². The van der Waals surface area contributed by atoms with E-state index in [1.807, 2.05) is 32.6 Å². The zero-order valence-electron chi connectivity index (χ0n) is 20.0. The van der Waals surface area contributed by atoms with Gasteiger partial charge in [-0.2, -0.15) is 9.40 Å². The Morgan fingerprint density at radius 1 is 1.06 bits per heavy atom. The average molecular weight is 473 g/mol. The van der Waals surface area contributed by atoms with Crippen LogP contribution in [0.2, 0.25) is 0 Å². The summed E-state index contributed by atoms with van der Waals surface area (Å²) in [6, 6.07) is 4.97. The quantitative estimate of drug-likeness (QED) is 0.522. The predicted octanol–water partition coefficient (Wildman–Crippen LogP) is 2.63. The Hall–Kier alpha value is -2.56. The zero-order chi connectivity index (χ0) is 23.8. The molecule has 10 heteroatoms. The summed E-state index contributed by atoms with van der Waals surface area (Å²) in [5, 5.41) is 4.63. The van der Waals surface area contributed by atoms with E-state index in [1.54, 1.807) is 22.5 Å². The normalized spacial score (nSPS) is 15.9. The van der Waals surface area contributed by atoms with E-state index in [4.69, 9.17) is 14.7 Å². The van der Waals surface area contributed by atoms with Gasteiger partial charge in [-0.25, -0.2) is 18.4 Å². The van der Waals surface area contributed by atoms with Gasteiger partial charge in [-0.3, -0.25) is 4.68 Å². The number of rotatable bonds is 7. The Morgan fingerprint density at radius 3 is 2.45 bits per heavy atom. The Balaban J connectivity index is 1.84. The van der Waals surface area contributed by atoms with Gasteiger partial charge in [0.25, 0.3) is 0 Å². The van der Waals surface area contributed by atoms with Crippen LogP contribution in [-0.2, 0) is 23.5 Å². The van der Waals surface area contributed by atoms with E-state index in [2.05, 4.69) is 16.9 Å². The second kappa shape index (κ2) is 9.36. The maximum Gasteiger partial charge on any atom is 0.243 e. The standard InChI is InChI=1S/C23H32N6O3S/c1-6-8-19-21-22(28(5)26-19)16(3)24-23(25-21)18-15-17(9-10-20(18)32-7-2)33(30,31)29-13-11-27(4)12-14-29/h9-10,15H,6-8,11-14H2,1-5H3. The number of piperazine rings is 1. The molecular weight excluding hydrogens is 440 g/mol. The minimum Gasteiger partial charge on any atom is -0.493 e. The lowest BCUT2D eigenvalue weighted by atomic mass is 10.1. The molecule has 33 heavy (non-hydrogen) atoms. The number of hydrogen-bond donors (Lipinski definition) is 0. The van der Waals surface area contributed by atoms with Crippen LogP contribution in [0.1, 0.15) is 31.7 Å². The third kappa shape index (κ3) is 4.47. The molecule has 0 radical (unpaired) electrons. The van der Waals surface area contributed by atoms with Gasteiger partial charge in [0.1, 0.15) is 16.8 Å². The summed E-state index contributed by atoms with van der Waals surface area (Å²) in [6.45, 7) is 8.75. The molecule has 1 aliphatic heterocycles. The molecule has 3 heterocycles. The van der Waals surface area contributed by atoms with Crippen molar-refractivity contribution in [1.29, 1.82) is 0 Å². The van der Waals surface area contributed by atoms with Crippen molar-refractivity contribution in [2.45, 2.75) is 38.5 Å². The van der Waals surface area contributed by atoms with E-state index in [-0.39, 0.29) is 4.90 Å². The number of nitrogens with zero attached hydrogens (tertiary/aromatic N) is 6. The Bertz CT molecular complexity index is 1260. The van der Waals surface area contributed by atoms with Crippen LogP contribution < -0.4 is 4.74 Å². The summed E-state index contributed by atoms with van der Waals surface area (Å²) >= 11 is 0. The average Bonchev–Trinajstić information content (AvgIpc) is 3.10. The molecule has 178 valence electrons. The fraction of sp³-hybridized carbons (Fsp3) is 0.522. The van der Waals surface area contributed by atoms with E-state index in [9.17, 15) is 8.42 Å². The molecular formula is C23H32N6O3S. The van der Waals surface area contributed by atoms with Crippen molar-refractivity contribution in [2.24, 2.45) is 7.05 Å². The molecule has 9 nitrogen and oxygen atoms in total. The third-order valence-electron chi connectivity index (χ3n) is 6.00.